The fraction of sp³-hybridized carbons (Fsp3) is 0.316. The third-order valence-corrected chi connectivity index (χ3v) is 4.95. The third kappa shape index (κ3) is 3.37. The molecule has 7 heteroatoms. The van der Waals surface area contributed by atoms with Gasteiger partial charge in [-0.15, -0.1) is 0 Å². The first-order valence-corrected chi connectivity index (χ1v) is 8.94. The molecule has 0 bridgehead atoms. The smallest absolute Gasteiger partial charge is 0.321 e. The molecule has 26 heavy (non-hydrogen) atoms. The predicted octanol–water partition coefficient (Wildman–Crippen LogP) is 3.73. The summed E-state index contributed by atoms with van der Waals surface area (Å²) < 4.78 is 10.8. The van der Waals surface area contributed by atoms with Crippen LogP contribution in [-0.2, 0) is 0 Å². The number of ether oxygens (including phenoxy) is 2. The van der Waals surface area contributed by atoms with Crippen LogP contribution in [0.25, 0.3) is 0 Å². The Morgan fingerprint density at radius 3 is 2.58 bits per heavy atom. The van der Waals surface area contributed by atoms with E-state index in [9.17, 15) is 4.79 Å². The number of halogens is 1. The Morgan fingerprint density at radius 2 is 1.81 bits per heavy atom. The molecule has 0 aliphatic carbocycles. The summed E-state index contributed by atoms with van der Waals surface area (Å²) >= 11 is 5.97. The topological polar surface area (TPSA) is 54.0 Å². The molecule has 136 valence electrons. The number of nitrogens with one attached hydrogen (secondary N) is 1. The fourth-order valence-corrected chi connectivity index (χ4v) is 3.44. The molecule has 0 atom stereocenters. The van der Waals surface area contributed by atoms with Crippen LogP contribution in [0.3, 0.4) is 0 Å². The lowest BCUT2D eigenvalue weighted by atomic mass is 10.2. The van der Waals surface area contributed by atoms with Crippen LogP contribution in [0.15, 0.2) is 36.4 Å². The van der Waals surface area contributed by atoms with E-state index in [1.54, 1.807) is 6.07 Å². The van der Waals surface area contributed by atoms with Crippen LogP contribution >= 0.6 is 11.6 Å². The monoisotopic (exact) mass is 373 g/mol. The van der Waals surface area contributed by atoms with Crippen molar-refractivity contribution in [3.8, 4) is 11.5 Å². The minimum absolute atomic E-state index is 0.0826. The second-order valence-corrected chi connectivity index (χ2v) is 6.84. The lowest BCUT2D eigenvalue weighted by Crippen LogP contribution is -2.50. The largest absolute Gasteiger partial charge is 0.454 e. The summed E-state index contributed by atoms with van der Waals surface area (Å²) in [7, 11) is 0. The molecule has 1 saturated heterocycles. The fourth-order valence-electron chi connectivity index (χ4n) is 3.21. The zero-order chi connectivity index (χ0) is 18.1. The molecule has 2 aliphatic rings. The second kappa shape index (κ2) is 6.96. The van der Waals surface area contributed by atoms with Gasteiger partial charge in [0.2, 0.25) is 6.79 Å². The zero-order valence-electron chi connectivity index (χ0n) is 14.5. The Morgan fingerprint density at radius 1 is 1.04 bits per heavy atom. The van der Waals surface area contributed by atoms with Gasteiger partial charge in [0, 0.05) is 48.6 Å². The molecule has 0 spiro atoms. The van der Waals surface area contributed by atoms with Crippen LogP contribution < -0.4 is 19.7 Å². The molecule has 2 heterocycles. The molecule has 4 rings (SSSR count). The minimum atomic E-state index is -0.0826. The number of piperazine rings is 1. The molecule has 6 nitrogen and oxygen atoms in total. The number of fused-ring (bicyclic) bond motifs is 1. The Balaban J connectivity index is 1.36. The number of benzene rings is 2. The minimum Gasteiger partial charge on any atom is -0.454 e. The van der Waals surface area contributed by atoms with Crippen LogP contribution in [0.2, 0.25) is 5.02 Å². The highest BCUT2D eigenvalue weighted by Crippen LogP contribution is 2.35. The van der Waals surface area contributed by atoms with Gasteiger partial charge in [0.05, 0.1) is 0 Å². The Kier molecular flexibility index (Phi) is 4.51. The Labute approximate surface area is 157 Å². The van der Waals surface area contributed by atoms with Gasteiger partial charge in [-0.25, -0.2) is 4.79 Å². The first-order valence-electron chi connectivity index (χ1n) is 8.57. The molecule has 2 aliphatic heterocycles. The van der Waals surface area contributed by atoms with Gasteiger partial charge in [-0.3, -0.25) is 0 Å². The highest BCUT2D eigenvalue weighted by molar-refractivity contribution is 6.30. The second-order valence-electron chi connectivity index (χ2n) is 6.40. The van der Waals surface area contributed by atoms with Crippen molar-refractivity contribution >= 4 is 29.0 Å². The average Bonchev–Trinajstić information content (AvgIpc) is 3.12. The maximum atomic E-state index is 12.5. The van der Waals surface area contributed by atoms with Crippen LogP contribution in [0.4, 0.5) is 16.2 Å². The maximum Gasteiger partial charge on any atom is 0.321 e. The van der Waals surface area contributed by atoms with E-state index in [4.69, 9.17) is 21.1 Å². The van der Waals surface area contributed by atoms with E-state index in [1.165, 1.54) is 0 Å². The van der Waals surface area contributed by atoms with Crippen LogP contribution in [0, 0.1) is 6.92 Å². The number of urea groups is 1. The molecule has 0 saturated carbocycles. The van der Waals surface area contributed by atoms with Gasteiger partial charge in [0.1, 0.15) is 0 Å². The van der Waals surface area contributed by atoms with Gasteiger partial charge in [0.15, 0.2) is 11.5 Å². The lowest BCUT2D eigenvalue weighted by Gasteiger charge is -2.36. The highest BCUT2D eigenvalue weighted by Gasteiger charge is 2.23. The van der Waals surface area contributed by atoms with Crippen LogP contribution in [0.5, 0.6) is 11.5 Å². The molecular formula is C19H20ClN3O3. The predicted molar refractivity (Wildman–Crippen MR) is 102 cm³/mol. The number of rotatable bonds is 2. The summed E-state index contributed by atoms with van der Waals surface area (Å²) in [6.45, 7) is 5.06. The summed E-state index contributed by atoms with van der Waals surface area (Å²) in [5.41, 5.74) is 2.82. The van der Waals surface area contributed by atoms with E-state index in [1.807, 2.05) is 42.2 Å². The average molecular weight is 374 g/mol. The van der Waals surface area contributed by atoms with Crippen molar-refractivity contribution in [2.45, 2.75) is 6.92 Å². The summed E-state index contributed by atoms with van der Waals surface area (Å²) in [6, 6.07) is 11.3. The van der Waals surface area contributed by atoms with Gasteiger partial charge in [-0.2, -0.15) is 0 Å². The number of aryl methyl sites for hydroxylation is 1. The van der Waals surface area contributed by atoms with E-state index in [0.717, 1.165) is 41.5 Å². The first kappa shape index (κ1) is 16.8. The summed E-state index contributed by atoms with van der Waals surface area (Å²) in [5.74, 6) is 1.56. The van der Waals surface area contributed by atoms with E-state index in [0.29, 0.717) is 18.1 Å². The van der Waals surface area contributed by atoms with Gasteiger partial charge in [-0.1, -0.05) is 11.6 Å². The zero-order valence-corrected chi connectivity index (χ0v) is 15.3. The molecule has 0 aromatic heterocycles. The van der Waals surface area contributed by atoms with E-state index >= 15 is 0 Å². The number of hydrogen-bond acceptors (Lipinski definition) is 4. The van der Waals surface area contributed by atoms with Crippen molar-refractivity contribution in [2.75, 3.05) is 43.2 Å². The Bertz CT molecular complexity index is 835. The van der Waals surface area contributed by atoms with Crippen LogP contribution in [0.1, 0.15) is 5.56 Å². The van der Waals surface area contributed by atoms with E-state index < -0.39 is 0 Å². The van der Waals surface area contributed by atoms with Crippen LogP contribution in [-0.4, -0.2) is 43.9 Å². The molecule has 0 radical (unpaired) electrons. The molecule has 1 fully saturated rings. The number of nitrogens with zero attached hydrogens (tertiary/aromatic N) is 2. The molecule has 0 unspecified atom stereocenters. The number of amides is 2. The number of anilines is 2. The quantitative estimate of drug-likeness (QED) is 0.871. The summed E-state index contributed by atoms with van der Waals surface area (Å²) in [4.78, 5) is 16.6. The molecule has 2 amide bonds. The van der Waals surface area contributed by atoms with Crippen molar-refractivity contribution in [1.29, 1.82) is 0 Å². The first-order chi connectivity index (χ1) is 12.6. The van der Waals surface area contributed by atoms with E-state index in [-0.39, 0.29) is 12.8 Å². The SMILES string of the molecule is Cc1cc(Cl)ccc1NC(=O)N1CCN(c2ccc3c(c2)OCO3)CC1. The maximum absolute atomic E-state index is 12.5. The van der Waals surface area contributed by atoms with Crippen molar-refractivity contribution in [1.82, 2.24) is 4.90 Å². The number of carbonyl (C=O) groups excluding carboxylic acids is 1. The summed E-state index contributed by atoms with van der Waals surface area (Å²) in [6.07, 6.45) is 0. The number of hydrogen-bond donors (Lipinski definition) is 1. The van der Waals surface area contributed by atoms with Crippen molar-refractivity contribution in [3.63, 3.8) is 0 Å². The van der Waals surface area contributed by atoms with Crippen molar-refractivity contribution < 1.29 is 14.3 Å². The lowest BCUT2D eigenvalue weighted by molar-refractivity contribution is 0.174. The standard InChI is InChI=1S/C19H20ClN3O3/c1-13-10-14(20)2-4-16(13)21-19(24)23-8-6-22(7-9-23)15-3-5-17-18(11-15)26-12-25-17/h2-5,10-11H,6-9,12H2,1H3,(H,21,24). The van der Waals surface area contributed by atoms with Gasteiger partial charge in [-0.05, 0) is 42.8 Å². The van der Waals surface area contributed by atoms with Gasteiger partial charge >= 0.3 is 6.03 Å². The van der Waals surface area contributed by atoms with Gasteiger partial charge < -0.3 is 24.6 Å². The molecular weight excluding hydrogens is 354 g/mol. The third-order valence-electron chi connectivity index (χ3n) is 4.72. The summed E-state index contributed by atoms with van der Waals surface area (Å²) in [5, 5.41) is 3.63. The van der Waals surface area contributed by atoms with Crippen molar-refractivity contribution in [3.05, 3.63) is 47.0 Å². The van der Waals surface area contributed by atoms with Crippen molar-refractivity contribution in [2.24, 2.45) is 0 Å². The van der Waals surface area contributed by atoms with Gasteiger partial charge in [0.25, 0.3) is 0 Å². The highest BCUT2D eigenvalue weighted by atomic mass is 35.5. The molecule has 1 N–H and O–H groups in total. The normalized spacial score (nSPS) is 15.9. The molecule has 2 aromatic carbocycles. The Hall–Kier alpha value is -2.60. The van der Waals surface area contributed by atoms with E-state index in [2.05, 4.69) is 10.2 Å². The number of carbonyl (C=O) groups is 1. The molecule has 2 aromatic rings.